The Bertz CT molecular complexity index is 713. The predicted molar refractivity (Wildman–Crippen MR) is 79.4 cm³/mol. The van der Waals surface area contributed by atoms with Gasteiger partial charge in [-0.05, 0) is 36.4 Å². The maximum absolute atomic E-state index is 13.4. The van der Waals surface area contributed by atoms with E-state index in [1.54, 1.807) is 18.2 Å². The number of amides is 1. The van der Waals surface area contributed by atoms with Crippen molar-refractivity contribution in [1.82, 2.24) is 0 Å². The monoisotopic (exact) mass is 348 g/mol. The summed E-state index contributed by atoms with van der Waals surface area (Å²) in [7, 11) is 0. The first-order valence-electron chi connectivity index (χ1n) is 5.96. The maximum atomic E-state index is 13.4. The third-order valence-electron chi connectivity index (χ3n) is 2.53. The highest BCUT2D eigenvalue weighted by Crippen LogP contribution is 2.22. The van der Waals surface area contributed by atoms with Crippen LogP contribution in [0.5, 0.6) is 5.75 Å². The Hall–Kier alpha value is -2.39. The molecule has 0 saturated carbocycles. The molecule has 2 aromatic rings. The van der Waals surface area contributed by atoms with Crippen molar-refractivity contribution in [3.8, 4) is 11.8 Å². The van der Waals surface area contributed by atoms with Gasteiger partial charge in [-0.15, -0.1) is 0 Å². The summed E-state index contributed by atoms with van der Waals surface area (Å²) < 4.78 is 19.2. The van der Waals surface area contributed by atoms with E-state index in [-0.39, 0.29) is 12.4 Å². The van der Waals surface area contributed by atoms with Crippen molar-refractivity contribution in [2.75, 3.05) is 11.9 Å². The highest BCUT2D eigenvalue weighted by molar-refractivity contribution is 9.10. The molecule has 2 rings (SSSR count). The van der Waals surface area contributed by atoms with Crippen molar-refractivity contribution in [1.29, 1.82) is 5.26 Å². The van der Waals surface area contributed by atoms with Crippen LogP contribution in [-0.4, -0.2) is 12.5 Å². The Kier molecular flexibility index (Phi) is 4.90. The molecule has 0 radical (unpaired) electrons. The van der Waals surface area contributed by atoms with Crippen LogP contribution in [0.3, 0.4) is 0 Å². The summed E-state index contributed by atoms with van der Waals surface area (Å²) in [4.78, 5) is 11.7. The summed E-state index contributed by atoms with van der Waals surface area (Å²) in [5, 5.41) is 11.3. The highest BCUT2D eigenvalue weighted by Gasteiger charge is 2.08. The molecule has 2 aromatic carbocycles. The molecule has 1 N–H and O–H groups in total. The van der Waals surface area contributed by atoms with Crippen molar-refractivity contribution in [2.24, 2.45) is 0 Å². The van der Waals surface area contributed by atoms with E-state index >= 15 is 0 Å². The molecule has 6 heteroatoms. The van der Waals surface area contributed by atoms with E-state index in [0.717, 1.165) is 0 Å². The molecule has 0 atom stereocenters. The third-order valence-corrected chi connectivity index (χ3v) is 3.02. The Morgan fingerprint density at radius 1 is 1.33 bits per heavy atom. The summed E-state index contributed by atoms with van der Waals surface area (Å²) in [5.74, 6) is -0.993. The molecule has 0 bridgehead atoms. The minimum Gasteiger partial charge on any atom is -0.481 e. The number of hydrogen-bond acceptors (Lipinski definition) is 3. The Balaban J connectivity index is 1.96. The van der Waals surface area contributed by atoms with E-state index in [1.807, 2.05) is 6.07 Å². The lowest BCUT2D eigenvalue weighted by Gasteiger charge is -2.08. The van der Waals surface area contributed by atoms with Crippen LogP contribution in [0, 0.1) is 17.1 Å². The maximum Gasteiger partial charge on any atom is 0.262 e. The van der Waals surface area contributed by atoms with Gasteiger partial charge in [0, 0.05) is 10.2 Å². The zero-order chi connectivity index (χ0) is 15.2. The Morgan fingerprint density at radius 3 is 2.90 bits per heavy atom. The number of rotatable bonds is 4. The number of carbonyl (C=O) groups is 1. The average Bonchev–Trinajstić information content (AvgIpc) is 2.48. The second-order valence-corrected chi connectivity index (χ2v) is 5.02. The third kappa shape index (κ3) is 4.29. The van der Waals surface area contributed by atoms with E-state index in [9.17, 15) is 9.18 Å². The van der Waals surface area contributed by atoms with Crippen molar-refractivity contribution >= 4 is 27.5 Å². The van der Waals surface area contributed by atoms with Crippen molar-refractivity contribution < 1.29 is 13.9 Å². The second-order valence-electron chi connectivity index (χ2n) is 4.10. The molecule has 21 heavy (non-hydrogen) atoms. The van der Waals surface area contributed by atoms with Crippen molar-refractivity contribution in [3.63, 3.8) is 0 Å². The van der Waals surface area contributed by atoms with E-state index in [1.165, 1.54) is 24.3 Å². The van der Waals surface area contributed by atoms with E-state index in [4.69, 9.17) is 10.00 Å². The smallest absolute Gasteiger partial charge is 0.262 e. The number of ether oxygens (including phenoxy) is 1. The highest BCUT2D eigenvalue weighted by atomic mass is 79.9. The Labute approximate surface area is 129 Å². The van der Waals surface area contributed by atoms with Gasteiger partial charge in [-0.2, -0.15) is 5.26 Å². The minimum absolute atomic E-state index is 0.00898. The van der Waals surface area contributed by atoms with Gasteiger partial charge < -0.3 is 10.1 Å². The summed E-state index contributed by atoms with van der Waals surface area (Å²) in [6.45, 7) is -0.329. The average molecular weight is 349 g/mol. The van der Waals surface area contributed by atoms with E-state index < -0.39 is 11.7 Å². The SMILES string of the molecule is N#Cc1cccc(NC(=O)COc2cc(Br)ccc2F)c1. The van der Waals surface area contributed by atoms with E-state index in [0.29, 0.717) is 15.7 Å². The minimum atomic E-state index is -0.544. The number of nitriles is 1. The lowest BCUT2D eigenvalue weighted by Crippen LogP contribution is -2.20. The van der Waals surface area contributed by atoms with Crippen LogP contribution in [0.2, 0.25) is 0 Å². The molecular formula is C15H10BrFN2O2. The lowest BCUT2D eigenvalue weighted by atomic mass is 10.2. The van der Waals surface area contributed by atoms with Crippen LogP contribution in [-0.2, 0) is 4.79 Å². The lowest BCUT2D eigenvalue weighted by molar-refractivity contribution is -0.118. The molecule has 106 valence electrons. The van der Waals surface area contributed by atoms with Crippen LogP contribution in [0.15, 0.2) is 46.9 Å². The molecular weight excluding hydrogens is 339 g/mol. The van der Waals surface area contributed by atoms with Gasteiger partial charge in [0.05, 0.1) is 11.6 Å². The number of hydrogen-bond donors (Lipinski definition) is 1. The van der Waals surface area contributed by atoms with Crippen LogP contribution in [0.4, 0.5) is 10.1 Å². The van der Waals surface area contributed by atoms with Crippen LogP contribution < -0.4 is 10.1 Å². The molecule has 0 aliphatic rings. The molecule has 0 heterocycles. The number of nitrogens with zero attached hydrogens (tertiary/aromatic N) is 1. The molecule has 0 saturated heterocycles. The zero-order valence-electron chi connectivity index (χ0n) is 10.8. The zero-order valence-corrected chi connectivity index (χ0v) is 12.4. The first-order chi connectivity index (χ1) is 10.1. The van der Waals surface area contributed by atoms with Crippen molar-refractivity contribution in [3.05, 3.63) is 58.3 Å². The van der Waals surface area contributed by atoms with Gasteiger partial charge in [0.1, 0.15) is 0 Å². The van der Waals surface area contributed by atoms with Gasteiger partial charge in [-0.25, -0.2) is 4.39 Å². The van der Waals surface area contributed by atoms with Gasteiger partial charge in [-0.1, -0.05) is 22.0 Å². The van der Waals surface area contributed by atoms with Crippen LogP contribution in [0.1, 0.15) is 5.56 Å². The molecule has 0 aromatic heterocycles. The quantitative estimate of drug-likeness (QED) is 0.919. The predicted octanol–water partition coefficient (Wildman–Crippen LogP) is 3.48. The summed E-state index contributed by atoms with van der Waals surface area (Å²) >= 11 is 3.20. The number of anilines is 1. The first-order valence-corrected chi connectivity index (χ1v) is 6.75. The van der Waals surface area contributed by atoms with Crippen molar-refractivity contribution in [2.45, 2.75) is 0 Å². The van der Waals surface area contributed by atoms with Gasteiger partial charge in [0.15, 0.2) is 18.2 Å². The number of benzene rings is 2. The number of carbonyl (C=O) groups excluding carboxylic acids is 1. The molecule has 0 spiro atoms. The largest absolute Gasteiger partial charge is 0.481 e. The van der Waals surface area contributed by atoms with Gasteiger partial charge >= 0.3 is 0 Å². The molecule has 4 nitrogen and oxygen atoms in total. The molecule has 0 fully saturated rings. The molecule has 1 amide bonds. The van der Waals surface area contributed by atoms with E-state index in [2.05, 4.69) is 21.2 Å². The normalized spacial score (nSPS) is 9.76. The van der Waals surface area contributed by atoms with Crippen LogP contribution in [0.25, 0.3) is 0 Å². The van der Waals surface area contributed by atoms with Crippen LogP contribution >= 0.6 is 15.9 Å². The molecule has 0 unspecified atom stereocenters. The fourth-order valence-electron chi connectivity index (χ4n) is 1.59. The fraction of sp³-hybridized carbons (Fsp3) is 0.0667. The summed E-state index contributed by atoms with van der Waals surface area (Å²) in [5.41, 5.74) is 0.920. The van der Waals surface area contributed by atoms with Gasteiger partial charge in [-0.3, -0.25) is 4.79 Å². The standard InChI is InChI=1S/C15H10BrFN2O2/c16-11-4-5-13(17)14(7-11)21-9-15(20)19-12-3-1-2-10(6-12)8-18/h1-7H,9H2,(H,19,20). The summed E-state index contributed by atoms with van der Waals surface area (Å²) in [6, 6.07) is 12.7. The topological polar surface area (TPSA) is 62.1 Å². The molecule has 0 aliphatic carbocycles. The Morgan fingerprint density at radius 2 is 2.14 bits per heavy atom. The fourth-order valence-corrected chi connectivity index (χ4v) is 1.93. The molecule has 0 aliphatic heterocycles. The number of halogens is 2. The first kappa shape index (κ1) is 15.0. The van der Waals surface area contributed by atoms with Gasteiger partial charge in [0.2, 0.25) is 0 Å². The number of nitrogens with one attached hydrogen (secondary N) is 1. The second kappa shape index (κ2) is 6.86. The van der Waals surface area contributed by atoms with Gasteiger partial charge in [0.25, 0.3) is 5.91 Å². The summed E-state index contributed by atoms with van der Waals surface area (Å²) in [6.07, 6.45) is 0.